The molecule has 0 aliphatic carbocycles. The van der Waals surface area contributed by atoms with Crippen LogP contribution in [-0.4, -0.2) is 30.1 Å². The fourth-order valence-electron chi connectivity index (χ4n) is 2.25. The Hall–Kier alpha value is -1.92. The Balaban J connectivity index is 2.39. The lowest BCUT2D eigenvalue weighted by Crippen LogP contribution is -2.33. The van der Waals surface area contributed by atoms with Crippen LogP contribution >= 0.6 is 11.6 Å². The van der Waals surface area contributed by atoms with E-state index in [9.17, 15) is 9.18 Å². The quantitative estimate of drug-likeness (QED) is 0.936. The van der Waals surface area contributed by atoms with Crippen molar-refractivity contribution in [1.29, 1.82) is 0 Å². The lowest BCUT2D eigenvalue weighted by Gasteiger charge is -2.25. The fourth-order valence-corrected chi connectivity index (χ4v) is 2.52. The van der Waals surface area contributed by atoms with E-state index in [1.165, 1.54) is 12.1 Å². The van der Waals surface area contributed by atoms with Gasteiger partial charge in [-0.05, 0) is 40.1 Å². The van der Waals surface area contributed by atoms with E-state index in [2.05, 4.69) is 10.5 Å². The van der Waals surface area contributed by atoms with Crippen LogP contribution < -0.4 is 5.32 Å². The summed E-state index contributed by atoms with van der Waals surface area (Å²) in [5, 5.41) is 6.71. The van der Waals surface area contributed by atoms with Crippen LogP contribution in [0.3, 0.4) is 0 Å². The first-order valence-corrected chi connectivity index (χ1v) is 7.04. The maximum Gasteiger partial charge on any atom is 0.246 e. The highest BCUT2D eigenvalue weighted by Crippen LogP contribution is 2.30. The molecule has 0 aliphatic rings. The topological polar surface area (TPSA) is 58.4 Å². The van der Waals surface area contributed by atoms with Crippen molar-refractivity contribution < 1.29 is 13.7 Å². The van der Waals surface area contributed by atoms with Gasteiger partial charge in [0.25, 0.3) is 0 Å². The molecule has 0 unspecified atom stereocenters. The maximum atomic E-state index is 14.1. The summed E-state index contributed by atoms with van der Waals surface area (Å²) in [6.45, 7) is 3.41. The van der Waals surface area contributed by atoms with E-state index < -0.39 is 17.8 Å². The molecule has 1 aromatic carbocycles. The minimum atomic E-state index is -0.873. The van der Waals surface area contributed by atoms with Crippen LogP contribution in [0.2, 0.25) is 5.02 Å². The molecule has 1 amide bonds. The number of anilines is 1. The van der Waals surface area contributed by atoms with E-state index in [1.54, 1.807) is 38.9 Å². The Bertz CT molecular complexity index is 660. The molecule has 0 aliphatic heterocycles. The van der Waals surface area contributed by atoms with Gasteiger partial charge in [-0.15, -0.1) is 0 Å². The molecule has 1 atom stereocenters. The third-order valence-corrected chi connectivity index (χ3v) is 3.65. The number of nitrogens with zero attached hydrogens (tertiary/aromatic N) is 2. The van der Waals surface area contributed by atoms with Gasteiger partial charge in [0.1, 0.15) is 23.2 Å². The van der Waals surface area contributed by atoms with Gasteiger partial charge in [0.2, 0.25) is 5.91 Å². The monoisotopic (exact) mass is 325 g/mol. The van der Waals surface area contributed by atoms with Crippen LogP contribution in [-0.2, 0) is 4.79 Å². The fraction of sp³-hybridized carbons (Fsp3) is 0.333. The lowest BCUT2D eigenvalue weighted by atomic mass is 10.0. The van der Waals surface area contributed by atoms with E-state index in [4.69, 9.17) is 16.1 Å². The van der Waals surface area contributed by atoms with Crippen LogP contribution in [0.4, 0.5) is 10.1 Å². The van der Waals surface area contributed by atoms with Crippen molar-refractivity contribution in [2.75, 3.05) is 19.4 Å². The second kappa shape index (κ2) is 6.46. The first kappa shape index (κ1) is 16.5. The summed E-state index contributed by atoms with van der Waals surface area (Å²) in [5.41, 5.74) is 1.19. The van der Waals surface area contributed by atoms with E-state index >= 15 is 0 Å². The Labute approximate surface area is 133 Å². The smallest absolute Gasteiger partial charge is 0.246 e. The summed E-state index contributed by atoms with van der Waals surface area (Å²) in [7, 11) is 3.36. The molecule has 0 fully saturated rings. The van der Waals surface area contributed by atoms with Gasteiger partial charge in [0.05, 0.1) is 0 Å². The number of hydrogen-bond donors (Lipinski definition) is 1. The molecule has 1 aromatic heterocycles. The third-order valence-electron chi connectivity index (χ3n) is 3.32. The molecule has 0 bridgehead atoms. The van der Waals surface area contributed by atoms with Crippen molar-refractivity contribution in [3.8, 4) is 0 Å². The van der Waals surface area contributed by atoms with E-state index in [-0.39, 0.29) is 10.6 Å². The zero-order valence-corrected chi connectivity index (χ0v) is 13.5. The number of amides is 1. The average molecular weight is 326 g/mol. The summed E-state index contributed by atoms with van der Waals surface area (Å²) in [6, 6.07) is 3.46. The Morgan fingerprint density at radius 3 is 2.59 bits per heavy atom. The summed E-state index contributed by atoms with van der Waals surface area (Å²) in [6.07, 6.45) is 0. The predicted molar refractivity (Wildman–Crippen MR) is 82.4 cm³/mol. The number of aryl methyl sites for hydroxylation is 2. The summed E-state index contributed by atoms with van der Waals surface area (Å²) >= 11 is 6.08. The molecule has 1 heterocycles. The molecule has 0 saturated heterocycles. The van der Waals surface area contributed by atoms with Gasteiger partial charge in [0, 0.05) is 10.6 Å². The van der Waals surface area contributed by atoms with Gasteiger partial charge in [0.15, 0.2) is 5.76 Å². The highest BCUT2D eigenvalue weighted by atomic mass is 35.5. The molecule has 118 valence electrons. The Kier molecular flexibility index (Phi) is 4.83. The predicted octanol–water partition coefficient (Wildman–Crippen LogP) is 3.33. The number of nitrogens with one attached hydrogen (secondary N) is 1. The van der Waals surface area contributed by atoms with Crippen molar-refractivity contribution in [3.05, 3.63) is 46.1 Å². The van der Waals surface area contributed by atoms with Gasteiger partial charge in [-0.3, -0.25) is 9.69 Å². The van der Waals surface area contributed by atoms with Crippen LogP contribution in [0.1, 0.15) is 23.1 Å². The second-order valence-electron chi connectivity index (χ2n) is 5.19. The van der Waals surface area contributed by atoms with Crippen molar-refractivity contribution in [3.63, 3.8) is 0 Å². The molecule has 0 radical (unpaired) electrons. The molecule has 22 heavy (non-hydrogen) atoms. The first-order chi connectivity index (χ1) is 10.3. The number of carbonyl (C=O) groups excluding carboxylic acids is 1. The van der Waals surface area contributed by atoms with Crippen LogP contribution in [0.5, 0.6) is 0 Å². The molecule has 5 nitrogen and oxygen atoms in total. The molecule has 1 N–H and O–H groups in total. The van der Waals surface area contributed by atoms with E-state index in [1.807, 2.05) is 0 Å². The van der Waals surface area contributed by atoms with Crippen molar-refractivity contribution in [2.24, 2.45) is 0 Å². The number of halogens is 2. The Morgan fingerprint density at radius 1 is 1.41 bits per heavy atom. The van der Waals surface area contributed by atoms with E-state index in [0.29, 0.717) is 17.1 Å². The number of hydrogen-bond acceptors (Lipinski definition) is 4. The number of likely N-dealkylation sites (N-methyl/N-ethyl adjacent to an activating group) is 1. The van der Waals surface area contributed by atoms with Crippen molar-refractivity contribution in [2.45, 2.75) is 19.9 Å². The lowest BCUT2D eigenvalue weighted by molar-refractivity contribution is -0.120. The van der Waals surface area contributed by atoms with Crippen LogP contribution in [0, 0.1) is 19.7 Å². The third kappa shape index (κ3) is 3.13. The summed E-state index contributed by atoms with van der Waals surface area (Å²) in [4.78, 5) is 14.2. The molecular formula is C15H17ClFN3O2. The minimum absolute atomic E-state index is 0.137. The maximum absolute atomic E-state index is 14.1. The van der Waals surface area contributed by atoms with E-state index in [0.717, 1.165) is 0 Å². The minimum Gasteiger partial charge on any atom is -0.359 e. The average Bonchev–Trinajstić information content (AvgIpc) is 2.74. The van der Waals surface area contributed by atoms with Crippen molar-refractivity contribution >= 4 is 23.2 Å². The molecule has 2 aromatic rings. The number of benzene rings is 1. The zero-order chi connectivity index (χ0) is 16.4. The molecular weight excluding hydrogens is 309 g/mol. The largest absolute Gasteiger partial charge is 0.359 e. The number of aromatic nitrogens is 1. The first-order valence-electron chi connectivity index (χ1n) is 6.67. The van der Waals surface area contributed by atoms with Gasteiger partial charge in [-0.2, -0.15) is 0 Å². The summed E-state index contributed by atoms with van der Waals surface area (Å²) in [5.74, 6) is -0.450. The van der Waals surface area contributed by atoms with Crippen molar-refractivity contribution in [1.82, 2.24) is 10.1 Å². The number of rotatable bonds is 4. The number of carbonyl (C=O) groups is 1. The van der Waals surface area contributed by atoms with Crippen LogP contribution in [0.25, 0.3) is 0 Å². The normalized spacial score (nSPS) is 12.5. The van der Waals surface area contributed by atoms with Gasteiger partial charge in [-0.1, -0.05) is 22.8 Å². The molecule has 2 rings (SSSR count). The molecule has 7 heteroatoms. The summed E-state index contributed by atoms with van der Waals surface area (Å²) < 4.78 is 19.1. The SMILES string of the molecule is Cc1noc(C)c1NC(=O)[C@H](c1c(F)cccc1Cl)N(C)C. The zero-order valence-electron chi connectivity index (χ0n) is 12.8. The molecule has 0 spiro atoms. The highest BCUT2D eigenvalue weighted by Gasteiger charge is 2.29. The van der Waals surface area contributed by atoms with Crippen LogP contribution in [0.15, 0.2) is 22.7 Å². The van der Waals surface area contributed by atoms with Gasteiger partial charge in [-0.25, -0.2) is 4.39 Å². The standard InChI is InChI=1S/C15H17ClFN3O2/c1-8-13(9(2)22-19-8)18-15(21)14(20(3)4)12-10(16)6-5-7-11(12)17/h5-7,14H,1-4H3,(H,18,21)/t14-/m0/s1. The molecule has 0 saturated carbocycles. The Morgan fingerprint density at radius 2 is 2.09 bits per heavy atom. The second-order valence-corrected chi connectivity index (χ2v) is 5.60. The van der Waals surface area contributed by atoms with Gasteiger partial charge < -0.3 is 9.84 Å². The van der Waals surface area contributed by atoms with Gasteiger partial charge >= 0.3 is 0 Å². The highest BCUT2D eigenvalue weighted by molar-refractivity contribution is 6.31.